The number of benzene rings is 1. The van der Waals surface area contributed by atoms with Crippen LogP contribution >= 0.6 is 22.6 Å². The number of nitrogens with zero attached hydrogens (tertiary/aromatic N) is 1. The summed E-state index contributed by atoms with van der Waals surface area (Å²) in [6.45, 7) is 3.51. The lowest BCUT2D eigenvalue weighted by molar-refractivity contribution is -0.110. The molecule has 1 aliphatic rings. The Hall–Kier alpha value is -1.76. The van der Waals surface area contributed by atoms with Crippen molar-refractivity contribution in [2.45, 2.75) is 13.8 Å². The predicted octanol–water partition coefficient (Wildman–Crippen LogP) is 3.28. The summed E-state index contributed by atoms with van der Waals surface area (Å²) < 4.78 is 0.800. The van der Waals surface area contributed by atoms with E-state index in [1.54, 1.807) is 26.0 Å². The summed E-state index contributed by atoms with van der Waals surface area (Å²) in [5.41, 5.74) is 2.35. The van der Waals surface area contributed by atoms with Crippen LogP contribution in [0.5, 0.6) is 0 Å². The molecule has 0 radical (unpaired) electrons. The molecule has 0 bridgehead atoms. The van der Waals surface area contributed by atoms with Crippen molar-refractivity contribution >= 4 is 40.1 Å². The number of carbonyl (C=O) groups excluding carboxylic acids is 2. The minimum absolute atomic E-state index is 0.0807. The molecule has 0 amide bonds. The van der Waals surface area contributed by atoms with Gasteiger partial charge in [0.1, 0.15) is 5.71 Å². The highest BCUT2D eigenvalue weighted by Crippen LogP contribution is 2.16. The minimum Gasteiger partial charge on any atom is -0.312 e. The van der Waals surface area contributed by atoms with E-state index in [0.29, 0.717) is 22.4 Å². The van der Waals surface area contributed by atoms with E-state index in [-0.39, 0.29) is 5.78 Å². The van der Waals surface area contributed by atoms with Crippen molar-refractivity contribution in [3.8, 4) is 0 Å². The first-order valence-corrected chi connectivity index (χ1v) is 7.02. The number of carbonyl (C=O) groups is 2. The number of halogens is 1. The van der Waals surface area contributed by atoms with Gasteiger partial charge < -0.3 is 4.84 Å². The van der Waals surface area contributed by atoms with Gasteiger partial charge in [-0.25, -0.2) is 4.79 Å². The average molecular weight is 381 g/mol. The molecular formula is C15H12INO3. The lowest BCUT2D eigenvalue weighted by Gasteiger charge is -2.10. The maximum atomic E-state index is 11.9. The van der Waals surface area contributed by atoms with Crippen LogP contribution in [0.15, 0.2) is 52.7 Å². The van der Waals surface area contributed by atoms with Gasteiger partial charge in [-0.1, -0.05) is 17.3 Å². The van der Waals surface area contributed by atoms with E-state index in [1.165, 1.54) is 12.2 Å². The summed E-state index contributed by atoms with van der Waals surface area (Å²) in [5.74, 6) is -0.595. The Labute approximate surface area is 130 Å². The van der Waals surface area contributed by atoms with E-state index in [2.05, 4.69) is 27.7 Å². The third-order valence-corrected chi connectivity index (χ3v) is 3.72. The number of rotatable bonds is 2. The van der Waals surface area contributed by atoms with Crippen LogP contribution in [0.1, 0.15) is 24.2 Å². The Bertz CT molecular complexity index is 647. The maximum absolute atomic E-state index is 11.9. The Balaban J connectivity index is 2.20. The van der Waals surface area contributed by atoms with Gasteiger partial charge in [0.2, 0.25) is 0 Å². The second-order valence-electron chi connectivity index (χ2n) is 4.36. The zero-order valence-corrected chi connectivity index (χ0v) is 13.2. The van der Waals surface area contributed by atoms with Gasteiger partial charge in [-0.15, -0.1) is 0 Å². The monoisotopic (exact) mass is 381 g/mol. The highest BCUT2D eigenvalue weighted by Gasteiger charge is 2.16. The van der Waals surface area contributed by atoms with Crippen molar-refractivity contribution in [3.05, 3.63) is 56.7 Å². The largest absolute Gasteiger partial charge is 0.366 e. The molecule has 0 unspecified atom stereocenters. The molecule has 0 saturated carbocycles. The van der Waals surface area contributed by atoms with E-state index in [9.17, 15) is 9.59 Å². The molecule has 20 heavy (non-hydrogen) atoms. The normalized spacial score (nSPS) is 14.6. The van der Waals surface area contributed by atoms with Gasteiger partial charge in [-0.3, -0.25) is 4.79 Å². The summed E-state index contributed by atoms with van der Waals surface area (Å²) in [7, 11) is 0. The molecule has 0 spiro atoms. The first-order chi connectivity index (χ1) is 9.49. The molecule has 1 aromatic rings. The standard InChI is InChI=1S/C15H12INO3/c1-9-7-11(18)8-10(2)14(9)17-20-15(19)12-5-3-4-6-13(12)16/h3-8H,1-2H3. The van der Waals surface area contributed by atoms with Gasteiger partial charge >= 0.3 is 5.97 Å². The van der Waals surface area contributed by atoms with Crippen LogP contribution in [0.4, 0.5) is 0 Å². The van der Waals surface area contributed by atoms with Gasteiger partial charge in [0.15, 0.2) is 5.78 Å². The van der Waals surface area contributed by atoms with Crippen LogP contribution in [-0.4, -0.2) is 17.5 Å². The molecule has 0 fully saturated rings. The molecule has 5 heteroatoms. The number of hydrogen-bond donors (Lipinski definition) is 0. The van der Waals surface area contributed by atoms with Crippen LogP contribution in [0.2, 0.25) is 0 Å². The molecule has 0 heterocycles. The molecule has 2 rings (SSSR count). The second-order valence-corrected chi connectivity index (χ2v) is 5.52. The lowest BCUT2D eigenvalue weighted by Crippen LogP contribution is -2.13. The minimum atomic E-state index is -0.514. The van der Waals surface area contributed by atoms with Crippen LogP contribution < -0.4 is 0 Å². The number of ketones is 1. The summed E-state index contributed by atoms with van der Waals surface area (Å²) >= 11 is 2.06. The Morgan fingerprint density at radius 1 is 1.15 bits per heavy atom. The lowest BCUT2D eigenvalue weighted by atomic mass is 9.98. The van der Waals surface area contributed by atoms with Crippen LogP contribution in [-0.2, 0) is 9.63 Å². The van der Waals surface area contributed by atoms with E-state index >= 15 is 0 Å². The fourth-order valence-corrected chi connectivity index (χ4v) is 2.43. The molecule has 0 aromatic heterocycles. The zero-order valence-electron chi connectivity index (χ0n) is 11.0. The van der Waals surface area contributed by atoms with Gasteiger partial charge in [0, 0.05) is 3.57 Å². The van der Waals surface area contributed by atoms with Crippen molar-refractivity contribution in [2.24, 2.45) is 5.16 Å². The van der Waals surface area contributed by atoms with Crippen LogP contribution in [0, 0.1) is 3.57 Å². The van der Waals surface area contributed by atoms with Crippen molar-refractivity contribution < 1.29 is 14.4 Å². The van der Waals surface area contributed by atoms with Gasteiger partial charge in [0.05, 0.1) is 5.56 Å². The third kappa shape index (κ3) is 3.22. The highest BCUT2D eigenvalue weighted by molar-refractivity contribution is 14.1. The van der Waals surface area contributed by atoms with Crippen molar-refractivity contribution in [1.29, 1.82) is 0 Å². The van der Waals surface area contributed by atoms with Crippen LogP contribution in [0.3, 0.4) is 0 Å². The zero-order chi connectivity index (χ0) is 14.7. The van der Waals surface area contributed by atoms with E-state index in [1.807, 2.05) is 12.1 Å². The molecule has 0 aliphatic heterocycles. The summed E-state index contributed by atoms with van der Waals surface area (Å²) in [6, 6.07) is 7.11. The average Bonchev–Trinajstić information content (AvgIpc) is 2.37. The molecule has 102 valence electrons. The van der Waals surface area contributed by atoms with E-state index in [4.69, 9.17) is 4.84 Å². The topological polar surface area (TPSA) is 55.7 Å². The molecule has 0 atom stereocenters. The summed E-state index contributed by atoms with van der Waals surface area (Å²) in [6.07, 6.45) is 2.93. The first-order valence-electron chi connectivity index (χ1n) is 5.94. The molecule has 0 saturated heterocycles. The van der Waals surface area contributed by atoms with Crippen molar-refractivity contribution in [2.75, 3.05) is 0 Å². The first kappa shape index (κ1) is 14.6. The molecular weight excluding hydrogens is 369 g/mol. The highest BCUT2D eigenvalue weighted by atomic mass is 127. The molecule has 1 aromatic carbocycles. The van der Waals surface area contributed by atoms with E-state index in [0.717, 1.165) is 3.57 Å². The molecule has 1 aliphatic carbocycles. The maximum Gasteiger partial charge on any atom is 0.366 e. The summed E-state index contributed by atoms with van der Waals surface area (Å²) in [4.78, 5) is 28.2. The van der Waals surface area contributed by atoms with Gasteiger partial charge in [0.25, 0.3) is 0 Å². The number of allylic oxidation sites excluding steroid dienone is 4. The SMILES string of the molecule is CC1=CC(=O)C=C(C)C1=NOC(=O)c1ccccc1I. The van der Waals surface area contributed by atoms with Gasteiger partial charge in [-0.2, -0.15) is 0 Å². The van der Waals surface area contributed by atoms with Crippen LogP contribution in [0.25, 0.3) is 0 Å². The second kappa shape index (κ2) is 6.13. The Kier molecular flexibility index (Phi) is 4.49. The quantitative estimate of drug-likeness (QED) is 0.342. The predicted molar refractivity (Wildman–Crippen MR) is 84.5 cm³/mol. The van der Waals surface area contributed by atoms with E-state index < -0.39 is 5.97 Å². The van der Waals surface area contributed by atoms with Crippen molar-refractivity contribution in [1.82, 2.24) is 0 Å². The summed E-state index contributed by atoms with van der Waals surface area (Å²) in [5, 5.41) is 3.87. The van der Waals surface area contributed by atoms with Crippen molar-refractivity contribution in [3.63, 3.8) is 0 Å². The fourth-order valence-electron chi connectivity index (χ4n) is 1.82. The smallest absolute Gasteiger partial charge is 0.312 e. The Morgan fingerprint density at radius 2 is 1.75 bits per heavy atom. The molecule has 0 N–H and O–H groups in total. The Morgan fingerprint density at radius 3 is 2.35 bits per heavy atom. The number of hydrogen-bond acceptors (Lipinski definition) is 4. The third-order valence-electron chi connectivity index (χ3n) is 2.78. The fraction of sp³-hybridized carbons (Fsp3) is 0.133. The van der Waals surface area contributed by atoms with Gasteiger partial charge in [-0.05, 0) is 71.9 Å². The number of oxime groups is 1. The molecule has 4 nitrogen and oxygen atoms in total.